The van der Waals surface area contributed by atoms with Crippen LogP contribution in [-0.2, 0) is 0 Å². The Morgan fingerprint density at radius 2 is 1.79 bits per heavy atom. The number of aliphatic hydroxyl groups is 1. The fraction of sp³-hybridized carbons (Fsp3) is 0.647. The maximum atomic E-state index is 9.75. The molecule has 0 radical (unpaired) electrons. The molecule has 0 aromatic heterocycles. The van der Waals surface area contributed by atoms with Gasteiger partial charge in [0.05, 0.1) is 12.7 Å². The molecule has 0 unspecified atom stereocenters. The Morgan fingerprint density at radius 3 is 2.47 bits per heavy atom. The summed E-state index contributed by atoms with van der Waals surface area (Å²) in [6.07, 6.45) is 7.11. The van der Waals surface area contributed by atoms with Crippen molar-refractivity contribution in [2.45, 2.75) is 65.4 Å². The van der Waals surface area contributed by atoms with Gasteiger partial charge in [-0.2, -0.15) is 0 Å². The molecule has 0 fully saturated rings. The number of hydrogen-bond acceptors (Lipinski definition) is 2. The lowest BCUT2D eigenvalue weighted by Gasteiger charge is -2.14. The smallest absolute Gasteiger partial charge is 0.125 e. The third kappa shape index (κ3) is 6.11. The summed E-state index contributed by atoms with van der Waals surface area (Å²) in [6, 6.07) is 6.00. The molecule has 0 aliphatic rings. The van der Waals surface area contributed by atoms with E-state index >= 15 is 0 Å². The lowest BCUT2D eigenvalue weighted by atomic mass is 10.1. The number of unbranched alkanes of at least 4 members (excludes halogenated alkanes) is 5. The molecule has 0 aliphatic carbocycles. The fourth-order valence-corrected chi connectivity index (χ4v) is 2.19. The van der Waals surface area contributed by atoms with Crippen molar-refractivity contribution in [1.29, 1.82) is 0 Å². The highest BCUT2D eigenvalue weighted by molar-refractivity contribution is 5.38. The summed E-state index contributed by atoms with van der Waals surface area (Å²) in [5.41, 5.74) is 2.05. The first kappa shape index (κ1) is 16.0. The van der Waals surface area contributed by atoms with Gasteiger partial charge in [0.15, 0.2) is 0 Å². The van der Waals surface area contributed by atoms with E-state index in [1.54, 1.807) is 6.92 Å². The minimum Gasteiger partial charge on any atom is -0.493 e. The van der Waals surface area contributed by atoms with Crippen LogP contribution in [0.1, 0.15) is 69.6 Å². The molecular weight excluding hydrogens is 236 g/mol. The largest absolute Gasteiger partial charge is 0.493 e. The zero-order valence-electron chi connectivity index (χ0n) is 12.6. The van der Waals surface area contributed by atoms with E-state index in [0.717, 1.165) is 29.9 Å². The molecule has 0 spiro atoms. The maximum Gasteiger partial charge on any atom is 0.125 e. The summed E-state index contributed by atoms with van der Waals surface area (Å²) in [7, 11) is 0. The molecule has 1 aromatic rings. The second-order valence-electron chi connectivity index (χ2n) is 5.33. The normalized spacial score (nSPS) is 12.4. The van der Waals surface area contributed by atoms with Crippen molar-refractivity contribution in [3.63, 3.8) is 0 Å². The van der Waals surface area contributed by atoms with E-state index in [2.05, 4.69) is 6.92 Å². The topological polar surface area (TPSA) is 29.5 Å². The van der Waals surface area contributed by atoms with Crippen LogP contribution in [0.5, 0.6) is 5.75 Å². The Morgan fingerprint density at radius 1 is 1.11 bits per heavy atom. The van der Waals surface area contributed by atoms with Crippen LogP contribution in [0, 0.1) is 6.92 Å². The lowest BCUT2D eigenvalue weighted by Crippen LogP contribution is -2.02. The molecule has 1 aromatic carbocycles. The highest BCUT2D eigenvalue weighted by atomic mass is 16.5. The van der Waals surface area contributed by atoms with Gasteiger partial charge >= 0.3 is 0 Å². The molecular formula is C17H28O2. The molecule has 19 heavy (non-hydrogen) atoms. The highest BCUT2D eigenvalue weighted by Crippen LogP contribution is 2.26. The van der Waals surface area contributed by atoms with Crippen LogP contribution in [0.3, 0.4) is 0 Å². The van der Waals surface area contributed by atoms with Crippen LogP contribution in [-0.4, -0.2) is 11.7 Å². The summed E-state index contributed by atoms with van der Waals surface area (Å²) in [4.78, 5) is 0. The van der Waals surface area contributed by atoms with E-state index in [1.807, 2.05) is 25.1 Å². The van der Waals surface area contributed by atoms with E-state index in [-0.39, 0.29) is 0 Å². The molecule has 1 N–H and O–H groups in total. The molecule has 1 rings (SSSR count). The van der Waals surface area contributed by atoms with E-state index in [4.69, 9.17) is 4.74 Å². The first-order valence-electron chi connectivity index (χ1n) is 7.56. The molecule has 0 saturated carbocycles. The third-order valence-electron chi connectivity index (χ3n) is 3.37. The van der Waals surface area contributed by atoms with Crippen molar-refractivity contribution in [3.8, 4) is 5.75 Å². The number of hydrogen-bond donors (Lipinski definition) is 1. The molecule has 2 heteroatoms. The molecule has 0 aliphatic heterocycles. The predicted molar refractivity (Wildman–Crippen MR) is 80.7 cm³/mol. The van der Waals surface area contributed by atoms with Gasteiger partial charge in [0.2, 0.25) is 0 Å². The molecule has 1 atom stereocenters. The van der Waals surface area contributed by atoms with E-state index in [0.29, 0.717) is 0 Å². The fourth-order valence-electron chi connectivity index (χ4n) is 2.19. The van der Waals surface area contributed by atoms with Crippen molar-refractivity contribution in [3.05, 3.63) is 29.3 Å². The van der Waals surface area contributed by atoms with Gasteiger partial charge in [-0.3, -0.25) is 0 Å². The summed E-state index contributed by atoms with van der Waals surface area (Å²) in [5.74, 6) is 0.828. The molecule has 2 nitrogen and oxygen atoms in total. The summed E-state index contributed by atoms with van der Waals surface area (Å²) >= 11 is 0. The first-order valence-corrected chi connectivity index (χ1v) is 7.56. The Balaban J connectivity index is 2.33. The summed E-state index contributed by atoms with van der Waals surface area (Å²) in [5, 5.41) is 9.75. The SMILES string of the molecule is CCCCCCCCOc1ccc(C)cc1[C@H](C)O. The zero-order valence-corrected chi connectivity index (χ0v) is 12.6. The van der Waals surface area contributed by atoms with Crippen LogP contribution in [0.2, 0.25) is 0 Å². The van der Waals surface area contributed by atoms with Gasteiger partial charge in [0.1, 0.15) is 5.75 Å². The van der Waals surface area contributed by atoms with Gasteiger partial charge in [-0.15, -0.1) is 0 Å². The Hall–Kier alpha value is -1.02. The standard InChI is InChI=1S/C17H28O2/c1-4-5-6-7-8-9-12-19-17-11-10-14(2)13-16(17)15(3)18/h10-11,13,15,18H,4-9,12H2,1-3H3/t15-/m0/s1. The lowest BCUT2D eigenvalue weighted by molar-refractivity contribution is 0.190. The number of benzene rings is 1. The third-order valence-corrected chi connectivity index (χ3v) is 3.37. The minimum atomic E-state index is -0.473. The van der Waals surface area contributed by atoms with E-state index < -0.39 is 6.10 Å². The van der Waals surface area contributed by atoms with Crippen molar-refractivity contribution >= 4 is 0 Å². The Bertz CT molecular complexity index is 358. The van der Waals surface area contributed by atoms with Crippen LogP contribution in [0.15, 0.2) is 18.2 Å². The van der Waals surface area contributed by atoms with Gasteiger partial charge in [-0.25, -0.2) is 0 Å². The second kappa shape index (κ2) is 8.98. The molecule has 0 heterocycles. The number of aryl methyl sites for hydroxylation is 1. The van der Waals surface area contributed by atoms with Gasteiger partial charge in [-0.05, 0) is 32.4 Å². The first-order chi connectivity index (χ1) is 9.15. The van der Waals surface area contributed by atoms with Crippen molar-refractivity contribution in [2.75, 3.05) is 6.61 Å². The van der Waals surface area contributed by atoms with Crippen LogP contribution >= 0.6 is 0 Å². The minimum absolute atomic E-state index is 0.473. The molecule has 0 saturated heterocycles. The van der Waals surface area contributed by atoms with E-state index in [1.165, 1.54) is 32.1 Å². The average Bonchev–Trinajstić information content (AvgIpc) is 2.39. The number of aliphatic hydroxyl groups excluding tert-OH is 1. The van der Waals surface area contributed by atoms with Crippen molar-refractivity contribution in [1.82, 2.24) is 0 Å². The van der Waals surface area contributed by atoms with Crippen LogP contribution in [0.4, 0.5) is 0 Å². The van der Waals surface area contributed by atoms with Gasteiger partial charge in [0, 0.05) is 5.56 Å². The summed E-state index contributed by atoms with van der Waals surface area (Å²) < 4.78 is 5.80. The van der Waals surface area contributed by atoms with E-state index in [9.17, 15) is 5.11 Å². The highest BCUT2D eigenvalue weighted by Gasteiger charge is 2.09. The number of rotatable bonds is 9. The van der Waals surface area contributed by atoms with Gasteiger partial charge < -0.3 is 9.84 Å². The Kier molecular flexibility index (Phi) is 7.57. The van der Waals surface area contributed by atoms with Gasteiger partial charge in [-0.1, -0.05) is 50.7 Å². The molecule has 0 bridgehead atoms. The Labute approximate surface area is 117 Å². The monoisotopic (exact) mass is 264 g/mol. The molecule has 108 valence electrons. The average molecular weight is 264 g/mol. The summed E-state index contributed by atoms with van der Waals surface area (Å²) in [6.45, 7) is 6.79. The second-order valence-corrected chi connectivity index (χ2v) is 5.33. The van der Waals surface area contributed by atoms with Crippen molar-refractivity contribution in [2.24, 2.45) is 0 Å². The predicted octanol–water partition coefficient (Wildman–Crippen LogP) is 4.79. The van der Waals surface area contributed by atoms with Crippen molar-refractivity contribution < 1.29 is 9.84 Å². The van der Waals surface area contributed by atoms with Gasteiger partial charge in [0.25, 0.3) is 0 Å². The van der Waals surface area contributed by atoms with Crippen LogP contribution in [0.25, 0.3) is 0 Å². The molecule has 0 amide bonds. The quantitative estimate of drug-likeness (QED) is 0.650. The van der Waals surface area contributed by atoms with Crippen LogP contribution < -0.4 is 4.74 Å². The number of ether oxygens (including phenoxy) is 1. The maximum absolute atomic E-state index is 9.75. The zero-order chi connectivity index (χ0) is 14.1.